The van der Waals surface area contributed by atoms with Crippen molar-refractivity contribution < 1.29 is 4.79 Å². The lowest BCUT2D eigenvalue weighted by molar-refractivity contribution is -0.118. The molecule has 1 fully saturated rings. The third-order valence-corrected chi connectivity index (χ3v) is 6.86. The number of hydrogen-bond acceptors (Lipinski definition) is 4. The number of likely N-dealkylation sites (N-methyl/N-ethyl adjacent to an activating group) is 1. The molecule has 0 saturated carbocycles. The van der Waals surface area contributed by atoms with Gasteiger partial charge in [0.1, 0.15) is 0 Å². The summed E-state index contributed by atoms with van der Waals surface area (Å²) >= 11 is 3.95. The molecule has 2 aliphatic heterocycles. The second-order valence-corrected chi connectivity index (χ2v) is 8.24. The van der Waals surface area contributed by atoms with E-state index in [1.54, 1.807) is 0 Å². The van der Waals surface area contributed by atoms with Gasteiger partial charge in [-0.05, 0) is 18.7 Å². The molecule has 1 saturated heterocycles. The Morgan fingerprint density at radius 2 is 2.14 bits per heavy atom. The summed E-state index contributed by atoms with van der Waals surface area (Å²) in [6.45, 7) is 2.66. The quantitative estimate of drug-likeness (QED) is 0.835. The summed E-state index contributed by atoms with van der Waals surface area (Å²) in [4.78, 5) is 17.1. The minimum Gasteiger partial charge on any atom is -0.311 e. The second kappa shape index (κ2) is 7.07. The lowest BCUT2D eigenvalue weighted by Crippen LogP contribution is -2.37. The van der Waals surface area contributed by atoms with Crippen LogP contribution in [0.2, 0.25) is 0 Å². The molecule has 0 radical (unpaired) electrons. The largest absolute Gasteiger partial charge is 0.311 e. The number of rotatable bonds is 2. The fourth-order valence-corrected chi connectivity index (χ4v) is 5.56. The lowest BCUT2D eigenvalue weighted by Gasteiger charge is -2.26. The molecular formula is C16H22N2OS2. The minimum absolute atomic E-state index is 0.290. The smallest absolute Gasteiger partial charge is 0.228 e. The zero-order valence-electron chi connectivity index (χ0n) is 12.5. The molecule has 3 nitrogen and oxygen atoms in total. The molecule has 114 valence electrons. The van der Waals surface area contributed by atoms with Crippen molar-refractivity contribution in [3.8, 4) is 0 Å². The Hall–Kier alpha value is -0.650. The highest BCUT2D eigenvalue weighted by molar-refractivity contribution is 8.06. The van der Waals surface area contributed by atoms with Gasteiger partial charge in [0, 0.05) is 54.3 Å². The van der Waals surface area contributed by atoms with Crippen LogP contribution in [0.5, 0.6) is 0 Å². The first-order valence-corrected chi connectivity index (χ1v) is 9.70. The molecule has 0 N–H and O–H groups in total. The van der Waals surface area contributed by atoms with Crippen molar-refractivity contribution >= 4 is 35.1 Å². The van der Waals surface area contributed by atoms with Gasteiger partial charge in [-0.15, -0.1) is 0 Å². The Labute approximate surface area is 135 Å². The van der Waals surface area contributed by atoms with Gasteiger partial charge in [-0.3, -0.25) is 4.79 Å². The van der Waals surface area contributed by atoms with E-state index in [-0.39, 0.29) is 5.91 Å². The summed E-state index contributed by atoms with van der Waals surface area (Å²) in [6, 6.07) is 8.34. The maximum absolute atomic E-state index is 12.8. The highest BCUT2D eigenvalue weighted by Crippen LogP contribution is 2.29. The Bertz CT molecular complexity index is 503. The van der Waals surface area contributed by atoms with Crippen LogP contribution in [0.15, 0.2) is 24.3 Å². The molecule has 0 aromatic heterocycles. The van der Waals surface area contributed by atoms with Gasteiger partial charge in [0.05, 0.1) is 0 Å². The number of para-hydroxylation sites is 1. The molecule has 1 aromatic rings. The Morgan fingerprint density at radius 3 is 2.95 bits per heavy atom. The Balaban J connectivity index is 1.75. The fourth-order valence-electron chi connectivity index (χ4n) is 2.89. The third kappa shape index (κ3) is 3.76. The van der Waals surface area contributed by atoms with Crippen LogP contribution in [0.1, 0.15) is 12.0 Å². The summed E-state index contributed by atoms with van der Waals surface area (Å²) in [6.07, 6.45) is 0.676. The standard InChI is InChI=1S/C16H22N2OS2/c1-17-6-7-18(15-5-3-2-4-13(15)11-17)16(19)10-14-12-20-8-9-21-14/h2-5,14H,6-12H2,1H3/t14-/m0/s1. The van der Waals surface area contributed by atoms with E-state index in [4.69, 9.17) is 0 Å². The number of benzene rings is 1. The van der Waals surface area contributed by atoms with E-state index >= 15 is 0 Å². The van der Waals surface area contributed by atoms with Crippen LogP contribution in [0.25, 0.3) is 0 Å². The van der Waals surface area contributed by atoms with E-state index < -0.39 is 0 Å². The van der Waals surface area contributed by atoms with Crippen LogP contribution in [-0.4, -0.2) is 53.5 Å². The molecule has 0 bridgehead atoms. The van der Waals surface area contributed by atoms with E-state index in [2.05, 4.69) is 30.1 Å². The number of thioether (sulfide) groups is 2. The first-order chi connectivity index (χ1) is 10.2. The normalized spacial score (nSPS) is 23.5. The van der Waals surface area contributed by atoms with Crippen molar-refractivity contribution in [2.75, 3.05) is 42.3 Å². The summed E-state index contributed by atoms with van der Waals surface area (Å²) in [5.41, 5.74) is 2.37. The van der Waals surface area contributed by atoms with E-state index in [0.717, 1.165) is 31.1 Å². The molecule has 2 heterocycles. The van der Waals surface area contributed by atoms with Crippen molar-refractivity contribution in [3.63, 3.8) is 0 Å². The monoisotopic (exact) mass is 322 g/mol. The molecule has 3 rings (SSSR count). The summed E-state index contributed by atoms with van der Waals surface area (Å²) in [5, 5.41) is 0.490. The highest BCUT2D eigenvalue weighted by Gasteiger charge is 2.26. The Kier molecular flexibility index (Phi) is 5.14. The molecule has 1 aromatic carbocycles. The highest BCUT2D eigenvalue weighted by atomic mass is 32.2. The predicted molar refractivity (Wildman–Crippen MR) is 93.3 cm³/mol. The van der Waals surface area contributed by atoms with Gasteiger partial charge in [0.2, 0.25) is 5.91 Å². The zero-order chi connectivity index (χ0) is 14.7. The van der Waals surface area contributed by atoms with E-state index in [9.17, 15) is 4.79 Å². The summed E-state index contributed by atoms with van der Waals surface area (Å²) in [5.74, 6) is 3.82. The van der Waals surface area contributed by atoms with Crippen molar-refractivity contribution in [3.05, 3.63) is 29.8 Å². The molecule has 0 aliphatic carbocycles. The average molecular weight is 322 g/mol. The molecule has 1 amide bonds. The number of carbonyl (C=O) groups is 1. The number of anilines is 1. The van der Waals surface area contributed by atoms with Gasteiger partial charge in [-0.1, -0.05) is 18.2 Å². The van der Waals surface area contributed by atoms with Crippen LogP contribution >= 0.6 is 23.5 Å². The van der Waals surface area contributed by atoms with Crippen LogP contribution in [-0.2, 0) is 11.3 Å². The number of amides is 1. The fraction of sp³-hybridized carbons (Fsp3) is 0.562. The van der Waals surface area contributed by atoms with E-state index in [0.29, 0.717) is 11.7 Å². The number of nitrogens with zero attached hydrogens (tertiary/aromatic N) is 2. The molecule has 1 atom stereocenters. The molecule has 0 unspecified atom stereocenters. The van der Waals surface area contributed by atoms with Crippen LogP contribution in [0, 0.1) is 0 Å². The van der Waals surface area contributed by atoms with Crippen molar-refractivity contribution in [1.29, 1.82) is 0 Å². The molecule has 21 heavy (non-hydrogen) atoms. The maximum atomic E-state index is 12.8. The number of fused-ring (bicyclic) bond motifs is 1. The van der Waals surface area contributed by atoms with Gasteiger partial charge in [0.15, 0.2) is 0 Å². The van der Waals surface area contributed by atoms with Gasteiger partial charge < -0.3 is 9.80 Å². The first kappa shape index (κ1) is 15.3. The van der Waals surface area contributed by atoms with Gasteiger partial charge >= 0.3 is 0 Å². The average Bonchev–Trinajstić information content (AvgIpc) is 2.66. The summed E-state index contributed by atoms with van der Waals surface area (Å²) in [7, 11) is 2.12. The van der Waals surface area contributed by atoms with Gasteiger partial charge in [-0.25, -0.2) is 0 Å². The SMILES string of the molecule is CN1CCN(C(=O)C[C@H]2CSCCS2)c2ccccc2C1. The van der Waals surface area contributed by atoms with Gasteiger partial charge in [0.25, 0.3) is 0 Å². The maximum Gasteiger partial charge on any atom is 0.228 e. The third-order valence-electron chi connectivity index (χ3n) is 4.02. The Morgan fingerprint density at radius 1 is 1.29 bits per heavy atom. The molecular weight excluding hydrogens is 300 g/mol. The summed E-state index contributed by atoms with van der Waals surface area (Å²) < 4.78 is 0. The second-order valence-electron chi connectivity index (χ2n) is 5.68. The number of carbonyl (C=O) groups excluding carboxylic acids is 1. The van der Waals surface area contributed by atoms with Crippen molar-refractivity contribution in [2.24, 2.45) is 0 Å². The molecule has 5 heteroatoms. The van der Waals surface area contributed by atoms with Crippen molar-refractivity contribution in [1.82, 2.24) is 4.90 Å². The van der Waals surface area contributed by atoms with Crippen LogP contribution < -0.4 is 4.90 Å². The first-order valence-electron chi connectivity index (χ1n) is 7.50. The van der Waals surface area contributed by atoms with E-state index in [1.807, 2.05) is 34.5 Å². The minimum atomic E-state index is 0.290. The van der Waals surface area contributed by atoms with Crippen molar-refractivity contribution in [2.45, 2.75) is 18.2 Å². The van der Waals surface area contributed by atoms with Crippen LogP contribution in [0.3, 0.4) is 0 Å². The molecule has 0 spiro atoms. The van der Waals surface area contributed by atoms with Crippen LogP contribution in [0.4, 0.5) is 5.69 Å². The molecule has 2 aliphatic rings. The zero-order valence-corrected chi connectivity index (χ0v) is 14.1. The van der Waals surface area contributed by atoms with Gasteiger partial charge in [-0.2, -0.15) is 23.5 Å². The topological polar surface area (TPSA) is 23.6 Å². The number of hydrogen-bond donors (Lipinski definition) is 0. The van der Waals surface area contributed by atoms with E-state index in [1.165, 1.54) is 17.1 Å². The predicted octanol–water partition coefficient (Wildman–Crippen LogP) is 2.70. The lowest BCUT2D eigenvalue weighted by atomic mass is 10.1.